The van der Waals surface area contributed by atoms with Crippen molar-refractivity contribution in [2.45, 2.75) is 39.5 Å². The van der Waals surface area contributed by atoms with Crippen molar-refractivity contribution in [2.24, 2.45) is 5.41 Å². The Morgan fingerprint density at radius 2 is 1.62 bits per heavy atom. The number of rotatable bonds is 3. The molecule has 0 aliphatic carbocycles. The minimum absolute atomic E-state index is 0.527. The van der Waals surface area contributed by atoms with Crippen LogP contribution in [0, 0.1) is 5.41 Å². The maximum atomic E-state index is 6.23. The third kappa shape index (κ3) is 2.63. The smallest absolute Gasteiger partial charge is 0.163 e. The van der Waals surface area contributed by atoms with Crippen molar-refractivity contribution in [2.75, 3.05) is 36.9 Å². The van der Waals surface area contributed by atoms with E-state index >= 15 is 0 Å². The van der Waals surface area contributed by atoms with Crippen molar-refractivity contribution < 1.29 is 9.47 Å². The Kier molecular flexibility index (Phi) is 3.87. The highest BCUT2D eigenvalue weighted by molar-refractivity contribution is 5.73. The van der Waals surface area contributed by atoms with Crippen LogP contribution < -0.4 is 20.1 Å². The van der Waals surface area contributed by atoms with Crippen LogP contribution in [-0.4, -0.2) is 26.3 Å². The number of nitrogen functional groups attached to an aromatic ring is 1. The fraction of sp³-hybridized carbons (Fsp3) is 0.647. The lowest BCUT2D eigenvalue weighted by Crippen LogP contribution is -2.40. The number of piperidine rings is 1. The number of anilines is 2. The van der Waals surface area contributed by atoms with E-state index < -0.39 is 0 Å². The van der Waals surface area contributed by atoms with Gasteiger partial charge in [0.15, 0.2) is 11.5 Å². The van der Waals surface area contributed by atoms with Crippen molar-refractivity contribution in [3.05, 3.63) is 12.1 Å². The first-order valence-corrected chi connectivity index (χ1v) is 8.11. The van der Waals surface area contributed by atoms with Crippen molar-refractivity contribution >= 4 is 11.4 Å². The molecule has 2 N–H and O–H groups in total. The van der Waals surface area contributed by atoms with E-state index in [-0.39, 0.29) is 0 Å². The van der Waals surface area contributed by atoms with Gasteiger partial charge in [0.05, 0.1) is 11.4 Å². The highest BCUT2D eigenvalue weighted by atomic mass is 16.6. The van der Waals surface area contributed by atoms with E-state index in [0.717, 1.165) is 36.0 Å². The topological polar surface area (TPSA) is 47.7 Å². The third-order valence-corrected chi connectivity index (χ3v) is 5.36. The van der Waals surface area contributed by atoms with Crippen molar-refractivity contribution in [3.63, 3.8) is 0 Å². The molecule has 2 aliphatic heterocycles. The average molecular weight is 290 g/mol. The predicted octanol–water partition coefficient (Wildman–Crippen LogP) is 3.45. The van der Waals surface area contributed by atoms with Gasteiger partial charge in [-0.25, -0.2) is 0 Å². The highest BCUT2D eigenvalue weighted by Crippen LogP contribution is 2.43. The second-order valence-electron chi connectivity index (χ2n) is 6.25. The summed E-state index contributed by atoms with van der Waals surface area (Å²) in [5.74, 6) is 1.60. The van der Waals surface area contributed by atoms with Crippen LogP contribution in [0.3, 0.4) is 0 Å². The molecule has 21 heavy (non-hydrogen) atoms. The zero-order chi connectivity index (χ0) is 14.9. The zero-order valence-corrected chi connectivity index (χ0v) is 13.2. The Bertz CT molecular complexity index is 502. The lowest BCUT2D eigenvalue weighted by molar-refractivity contribution is 0.171. The number of benzene rings is 1. The summed E-state index contributed by atoms with van der Waals surface area (Å²) in [7, 11) is 0. The van der Waals surface area contributed by atoms with Gasteiger partial charge in [-0.2, -0.15) is 0 Å². The standard InChI is InChI=1S/C17H26N2O2/c1-3-17(4-2)5-7-19(8-6-17)14-12-16-15(11-13(14)18)20-9-10-21-16/h11-12H,3-10,18H2,1-2H3. The minimum Gasteiger partial charge on any atom is -0.486 e. The molecule has 3 rings (SSSR count). The molecule has 2 aliphatic rings. The molecule has 1 aromatic rings. The van der Waals surface area contributed by atoms with Crippen LogP contribution in [0.1, 0.15) is 39.5 Å². The Hall–Kier alpha value is -1.58. The molecule has 2 heterocycles. The molecule has 0 aromatic heterocycles. The summed E-state index contributed by atoms with van der Waals surface area (Å²) < 4.78 is 11.3. The number of fused-ring (bicyclic) bond motifs is 1. The summed E-state index contributed by atoms with van der Waals surface area (Å²) in [6.07, 6.45) is 5.03. The molecule has 0 atom stereocenters. The molecule has 0 bridgehead atoms. The molecule has 4 nitrogen and oxygen atoms in total. The van der Waals surface area contributed by atoms with Gasteiger partial charge in [0.1, 0.15) is 13.2 Å². The third-order valence-electron chi connectivity index (χ3n) is 5.36. The van der Waals surface area contributed by atoms with Crippen LogP contribution in [0.5, 0.6) is 11.5 Å². The summed E-state index contributed by atoms with van der Waals surface area (Å²) >= 11 is 0. The van der Waals surface area contributed by atoms with Crippen molar-refractivity contribution in [1.82, 2.24) is 0 Å². The van der Waals surface area contributed by atoms with Crippen LogP contribution in [0.2, 0.25) is 0 Å². The number of hydrogen-bond donors (Lipinski definition) is 1. The molecule has 1 saturated heterocycles. The van der Waals surface area contributed by atoms with Gasteiger partial charge >= 0.3 is 0 Å². The summed E-state index contributed by atoms with van der Waals surface area (Å²) in [5, 5.41) is 0. The number of hydrogen-bond acceptors (Lipinski definition) is 4. The zero-order valence-electron chi connectivity index (χ0n) is 13.2. The molecule has 1 aromatic carbocycles. The number of ether oxygens (including phenoxy) is 2. The van der Waals surface area contributed by atoms with Gasteiger partial charge in [0, 0.05) is 25.2 Å². The molecule has 0 saturated carbocycles. The fourth-order valence-electron chi connectivity index (χ4n) is 3.55. The summed E-state index contributed by atoms with van der Waals surface area (Å²) in [6, 6.07) is 3.96. The van der Waals surface area contributed by atoms with Gasteiger partial charge in [-0.05, 0) is 18.3 Å². The van der Waals surface area contributed by atoms with Crippen LogP contribution in [0.4, 0.5) is 11.4 Å². The quantitative estimate of drug-likeness (QED) is 0.866. The van der Waals surface area contributed by atoms with E-state index in [1.807, 2.05) is 6.07 Å². The van der Waals surface area contributed by atoms with E-state index in [0.29, 0.717) is 18.6 Å². The van der Waals surface area contributed by atoms with Gasteiger partial charge in [0.2, 0.25) is 0 Å². The molecule has 0 amide bonds. The maximum Gasteiger partial charge on any atom is 0.163 e. The molecule has 4 heteroatoms. The van der Waals surface area contributed by atoms with Gasteiger partial charge in [-0.15, -0.1) is 0 Å². The monoisotopic (exact) mass is 290 g/mol. The second-order valence-corrected chi connectivity index (χ2v) is 6.25. The molecule has 0 spiro atoms. The molecule has 0 radical (unpaired) electrons. The van der Waals surface area contributed by atoms with Crippen LogP contribution in [0.25, 0.3) is 0 Å². The summed E-state index contributed by atoms with van der Waals surface area (Å²) in [6.45, 7) is 8.00. The normalized spacial score (nSPS) is 20.4. The molecule has 0 unspecified atom stereocenters. The van der Waals surface area contributed by atoms with Crippen molar-refractivity contribution in [1.29, 1.82) is 0 Å². The van der Waals surface area contributed by atoms with Crippen molar-refractivity contribution in [3.8, 4) is 11.5 Å². The lowest BCUT2D eigenvalue weighted by atomic mass is 9.74. The summed E-state index contributed by atoms with van der Waals surface area (Å²) in [4.78, 5) is 2.40. The maximum absolute atomic E-state index is 6.23. The number of nitrogens with zero attached hydrogens (tertiary/aromatic N) is 1. The first kappa shape index (κ1) is 14.4. The van der Waals surface area contributed by atoms with E-state index in [9.17, 15) is 0 Å². The van der Waals surface area contributed by atoms with Gasteiger partial charge in [0.25, 0.3) is 0 Å². The van der Waals surface area contributed by atoms with E-state index in [1.165, 1.54) is 25.7 Å². The molecular formula is C17H26N2O2. The molecular weight excluding hydrogens is 264 g/mol. The first-order chi connectivity index (χ1) is 10.2. The first-order valence-electron chi connectivity index (χ1n) is 8.11. The van der Waals surface area contributed by atoms with Crippen LogP contribution in [0.15, 0.2) is 12.1 Å². The van der Waals surface area contributed by atoms with E-state index in [4.69, 9.17) is 15.2 Å². The molecule has 116 valence electrons. The Morgan fingerprint density at radius 1 is 1.05 bits per heavy atom. The van der Waals surface area contributed by atoms with Crippen LogP contribution >= 0.6 is 0 Å². The largest absolute Gasteiger partial charge is 0.486 e. The SMILES string of the molecule is CCC1(CC)CCN(c2cc3c(cc2N)OCCO3)CC1. The highest BCUT2D eigenvalue weighted by Gasteiger charge is 2.32. The minimum atomic E-state index is 0.527. The van der Waals surface area contributed by atoms with E-state index in [2.05, 4.69) is 24.8 Å². The predicted molar refractivity (Wildman–Crippen MR) is 86.3 cm³/mol. The number of nitrogens with two attached hydrogens (primary N) is 1. The van der Waals surface area contributed by atoms with E-state index in [1.54, 1.807) is 0 Å². The van der Waals surface area contributed by atoms with Gasteiger partial charge < -0.3 is 20.1 Å². The fourth-order valence-corrected chi connectivity index (χ4v) is 3.55. The average Bonchev–Trinajstić information content (AvgIpc) is 2.54. The van der Waals surface area contributed by atoms with Crippen LogP contribution in [-0.2, 0) is 0 Å². The Balaban J connectivity index is 1.79. The lowest BCUT2D eigenvalue weighted by Gasteiger charge is -2.42. The Morgan fingerprint density at radius 3 is 2.19 bits per heavy atom. The van der Waals surface area contributed by atoms with Gasteiger partial charge in [-0.3, -0.25) is 0 Å². The Labute approximate surface area is 127 Å². The molecule has 1 fully saturated rings. The second kappa shape index (κ2) is 5.66. The summed E-state index contributed by atoms with van der Waals surface area (Å²) in [5.41, 5.74) is 8.65. The van der Waals surface area contributed by atoms with Gasteiger partial charge in [-0.1, -0.05) is 26.7 Å².